The Balaban J connectivity index is 1.67. The highest BCUT2D eigenvalue weighted by Gasteiger charge is 2.26. The molecule has 0 radical (unpaired) electrons. The van der Waals surface area contributed by atoms with E-state index in [0.29, 0.717) is 42.4 Å². The van der Waals surface area contributed by atoms with E-state index in [4.69, 9.17) is 10.7 Å². The van der Waals surface area contributed by atoms with Crippen LogP contribution in [0.1, 0.15) is 37.7 Å². The fourth-order valence-corrected chi connectivity index (χ4v) is 4.94. The SMILES string of the molecule is CC#CCCn1c(N2CCC[C@@H](N)C2)nc2c1c(=O)n(Cc1nc(C)c3ccccc3n1)c(=O)n2C. The summed E-state index contributed by atoms with van der Waals surface area (Å²) in [6.07, 6.45) is 2.46. The first kappa shape index (κ1) is 23.8. The normalized spacial score (nSPS) is 15.9. The van der Waals surface area contributed by atoms with Crippen LogP contribution in [0.3, 0.4) is 0 Å². The summed E-state index contributed by atoms with van der Waals surface area (Å²) >= 11 is 0. The predicted molar refractivity (Wildman–Crippen MR) is 140 cm³/mol. The zero-order valence-electron chi connectivity index (χ0n) is 20.9. The van der Waals surface area contributed by atoms with Gasteiger partial charge >= 0.3 is 5.69 Å². The number of anilines is 1. The van der Waals surface area contributed by atoms with Crippen LogP contribution in [0.5, 0.6) is 0 Å². The smallest absolute Gasteiger partial charge is 0.332 e. The van der Waals surface area contributed by atoms with Crippen LogP contribution in [-0.2, 0) is 20.1 Å². The van der Waals surface area contributed by atoms with E-state index in [9.17, 15) is 9.59 Å². The molecule has 0 aliphatic carbocycles. The lowest BCUT2D eigenvalue weighted by molar-refractivity contribution is 0.493. The van der Waals surface area contributed by atoms with Gasteiger partial charge in [0, 0.05) is 50.2 Å². The van der Waals surface area contributed by atoms with Gasteiger partial charge in [-0.15, -0.1) is 11.8 Å². The van der Waals surface area contributed by atoms with Crippen molar-refractivity contribution >= 4 is 28.0 Å². The average Bonchev–Trinajstić information content (AvgIpc) is 3.25. The van der Waals surface area contributed by atoms with Crippen molar-refractivity contribution in [2.45, 2.75) is 52.2 Å². The van der Waals surface area contributed by atoms with Gasteiger partial charge in [0.2, 0.25) is 5.95 Å². The van der Waals surface area contributed by atoms with Crippen molar-refractivity contribution in [3.05, 3.63) is 56.6 Å². The standard InChI is InChI=1S/C26H30N8O2/c1-4-5-8-14-33-22-23(30-25(33)32-13-9-10-18(27)15-32)31(3)26(36)34(24(22)35)16-21-28-17(2)19-11-6-7-12-20(19)29-21/h6-7,11-12,18H,8-10,13-16,27H2,1-3H3/t18-/m1/s1. The highest BCUT2D eigenvalue weighted by atomic mass is 16.2. The van der Waals surface area contributed by atoms with E-state index in [-0.39, 0.29) is 12.6 Å². The van der Waals surface area contributed by atoms with Gasteiger partial charge in [-0.1, -0.05) is 18.2 Å². The van der Waals surface area contributed by atoms with Crippen LogP contribution < -0.4 is 21.9 Å². The number of rotatable bonds is 5. The maximum Gasteiger partial charge on any atom is 0.332 e. The molecule has 4 aromatic rings. The van der Waals surface area contributed by atoms with Gasteiger partial charge in [-0.2, -0.15) is 4.98 Å². The minimum absolute atomic E-state index is 0.0308. The third-order valence-electron chi connectivity index (χ3n) is 6.73. The average molecular weight is 487 g/mol. The van der Waals surface area contributed by atoms with Crippen LogP contribution >= 0.6 is 0 Å². The summed E-state index contributed by atoms with van der Waals surface area (Å²) in [6.45, 7) is 5.59. The van der Waals surface area contributed by atoms with Gasteiger partial charge in [0.05, 0.1) is 12.1 Å². The van der Waals surface area contributed by atoms with Crippen molar-refractivity contribution in [3.8, 4) is 11.8 Å². The quantitative estimate of drug-likeness (QED) is 0.425. The monoisotopic (exact) mass is 486 g/mol. The molecule has 10 nitrogen and oxygen atoms in total. The number of hydrogen-bond donors (Lipinski definition) is 1. The fraction of sp³-hybridized carbons (Fsp3) is 0.423. The number of benzene rings is 1. The number of fused-ring (bicyclic) bond motifs is 2. The molecule has 0 unspecified atom stereocenters. The van der Waals surface area contributed by atoms with Crippen LogP contribution in [-0.4, -0.2) is 47.8 Å². The number of nitrogens with zero attached hydrogens (tertiary/aromatic N) is 7. The van der Waals surface area contributed by atoms with Crippen molar-refractivity contribution in [3.63, 3.8) is 0 Å². The number of para-hydroxylation sites is 1. The minimum atomic E-state index is -0.457. The molecule has 1 aliphatic rings. The molecule has 1 atom stereocenters. The van der Waals surface area contributed by atoms with Gasteiger partial charge in [-0.05, 0) is 32.8 Å². The molecular formula is C26H30N8O2. The zero-order valence-corrected chi connectivity index (χ0v) is 20.9. The summed E-state index contributed by atoms with van der Waals surface area (Å²) in [5, 5.41) is 0.941. The molecular weight excluding hydrogens is 456 g/mol. The highest BCUT2D eigenvalue weighted by Crippen LogP contribution is 2.23. The van der Waals surface area contributed by atoms with E-state index in [1.807, 2.05) is 35.8 Å². The second kappa shape index (κ2) is 9.59. The molecule has 0 bridgehead atoms. The topological polar surface area (TPSA) is 117 Å². The molecule has 10 heteroatoms. The van der Waals surface area contributed by atoms with E-state index in [1.165, 1.54) is 9.13 Å². The minimum Gasteiger partial charge on any atom is -0.341 e. The molecule has 2 N–H and O–H groups in total. The first-order chi connectivity index (χ1) is 17.4. The lowest BCUT2D eigenvalue weighted by Gasteiger charge is -2.31. The number of hydrogen-bond acceptors (Lipinski definition) is 7. The van der Waals surface area contributed by atoms with Crippen molar-refractivity contribution in [1.29, 1.82) is 0 Å². The van der Waals surface area contributed by atoms with Gasteiger partial charge in [-0.25, -0.2) is 14.8 Å². The van der Waals surface area contributed by atoms with Crippen molar-refractivity contribution in [1.82, 2.24) is 28.7 Å². The number of nitrogens with two attached hydrogens (primary N) is 1. The van der Waals surface area contributed by atoms with Crippen LogP contribution in [0, 0.1) is 18.8 Å². The Labute approximate surface area is 208 Å². The van der Waals surface area contributed by atoms with Crippen LogP contribution in [0.2, 0.25) is 0 Å². The van der Waals surface area contributed by atoms with E-state index >= 15 is 0 Å². The molecule has 3 aromatic heterocycles. The summed E-state index contributed by atoms with van der Waals surface area (Å²) < 4.78 is 4.52. The van der Waals surface area contributed by atoms with E-state index in [1.54, 1.807) is 14.0 Å². The Hall–Kier alpha value is -3.97. The van der Waals surface area contributed by atoms with Crippen LogP contribution in [0.4, 0.5) is 5.95 Å². The van der Waals surface area contributed by atoms with Gasteiger partial charge in [0.15, 0.2) is 11.2 Å². The molecule has 4 heterocycles. The Bertz CT molecular complexity index is 1640. The second-order valence-electron chi connectivity index (χ2n) is 9.24. The number of piperidine rings is 1. The summed E-state index contributed by atoms with van der Waals surface area (Å²) in [6, 6.07) is 7.73. The molecule has 36 heavy (non-hydrogen) atoms. The van der Waals surface area contributed by atoms with Gasteiger partial charge in [0.25, 0.3) is 5.56 Å². The fourth-order valence-electron chi connectivity index (χ4n) is 4.94. The van der Waals surface area contributed by atoms with Crippen molar-refractivity contribution in [2.24, 2.45) is 12.8 Å². The molecule has 1 aromatic carbocycles. The van der Waals surface area contributed by atoms with E-state index < -0.39 is 11.2 Å². The van der Waals surface area contributed by atoms with Gasteiger partial charge < -0.3 is 15.2 Å². The first-order valence-electron chi connectivity index (χ1n) is 12.2. The molecule has 5 rings (SSSR count). The summed E-state index contributed by atoms with van der Waals surface area (Å²) in [4.78, 5) is 43.2. The lowest BCUT2D eigenvalue weighted by Crippen LogP contribution is -2.44. The van der Waals surface area contributed by atoms with Crippen molar-refractivity contribution < 1.29 is 0 Å². The molecule has 0 saturated carbocycles. The Morgan fingerprint density at radius 2 is 1.94 bits per heavy atom. The Kier molecular flexibility index (Phi) is 6.33. The second-order valence-corrected chi connectivity index (χ2v) is 9.24. The predicted octanol–water partition coefficient (Wildman–Crippen LogP) is 1.54. The van der Waals surface area contributed by atoms with Crippen molar-refractivity contribution in [2.75, 3.05) is 18.0 Å². The maximum absolute atomic E-state index is 13.8. The van der Waals surface area contributed by atoms with Gasteiger partial charge in [-0.3, -0.25) is 13.9 Å². The number of aryl methyl sites for hydroxylation is 3. The molecule has 0 amide bonds. The summed E-state index contributed by atoms with van der Waals surface area (Å²) in [5.74, 6) is 7.05. The highest BCUT2D eigenvalue weighted by molar-refractivity contribution is 5.80. The zero-order chi connectivity index (χ0) is 25.4. The Morgan fingerprint density at radius 3 is 2.72 bits per heavy atom. The summed E-state index contributed by atoms with van der Waals surface area (Å²) in [5.41, 5.74) is 7.68. The van der Waals surface area contributed by atoms with E-state index in [2.05, 4.69) is 26.7 Å². The third kappa shape index (κ3) is 4.16. The van der Waals surface area contributed by atoms with Gasteiger partial charge in [0.1, 0.15) is 5.82 Å². The third-order valence-corrected chi connectivity index (χ3v) is 6.73. The Morgan fingerprint density at radius 1 is 1.14 bits per heavy atom. The molecule has 1 fully saturated rings. The molecule has 186 valence electrons. The maximum atomic E-state index is 13.8. The molecule has 1 aliphatic heterocycles. The largest absolute Gasteiger partial charge is 0.341 e. The van der Waals surface area contributed by atoms with Crippen LogP contribution in [0.25, 0.3) is 22.1 Å². The van der Waals surface area contributed by atoms with E-state index in [0.717, 1.165) is 36.0 Å². The van der Waals surface area contributed by atoms with Crippen LogP contribution in [0.15, 0.2) is 33.9 Å². The molecule has 0 spiro atoms. The summed E-state index contributed by atoms with van der Waals surface area (Å²) in [7, 11) is 1.64. The lowest BCUT2D eigenvalue weighted by atomic mass is 10.1. The first-order valence-corrected chi connectivity index (χ1v) is 12.2. The number of imidazole rings is 1. The number of aromatic nitrogens is 6. The molecule has 1 saturated heterocycles.